The zero-order valence-electron chi connectivity index (χ0n) is 6.44. The van der Waals surface area contributed by atoms with E-state index in [1.165, 1.54) is 6.07 Å². The van der Waals surface area contributed by atoms with E-state index < -0.39 is 0 Å². The van der Waals surface area contributed by atoms with Gasteiger partial charge in [0.1, 0.15) is 4.99 Å². The van der Waals surface area contributed by atoms with Gasteiger partial charge in [-0.3, -0.25) is 0 Å². The number of benzene rings is 1. The van der Waals surface area contributed by atoms with Gasteiger partial charge in [-0.15, -0.1) is 0 Å². The summed E-state index contributed by atoms with van der Waals surface area (Å²) in [5, 5.41) is 3.89. The summed E-state index contributed by atoms with van der Waals surface area (Å²) in [6, 6.07) is 4.76. The summed E-state index contributed by atoms with van der Waals surface area (Å²) in [7, 11) is 0. The van der Waals surface area contributed by atoms with E-state index >= 15 is 0 Å². The minimum absolute atomic E-state index is 0.180. The van der Waals surface area contributed by atoms with E-state index in [0.717, 1.165) is 0 Å². The summed E-state index contributed by atoms with van der Waals surface area (Å²) in [5.41, 5.74) is 14.5. The fourth-order valence-electron chi connectivity index (χ4n) is 0.844. The molecule has 1 rings (SSSR count). The smallest absolute Gasteiger partial charge is 0.104 e. The largest absolute Gasteiger partial charge is 0.389 e. The maximum atomic E-state index is 8.25. The number of azide groups is 1. The van der Waals surface area contributed by atoms with Crippen LogP contribution in [0.4, 0.5) is 5.69 Å². The molecule has 0 aliphatic carbocycles. The Balaban J connectivity index is 3.34. The summed E-state index contributed by atoms with van der Waals surface area (Å²) < 4.78 is 0. The van der Waals surface area contributed by atoms with Crippen molar-refractivity contribution in [2.24, 2.45) is 10.8 Å². The fourth-order valence-corrected chi connectivity index (χ4v) is 1.18. The van der Waals surface area contributed by atoms with Crippen molar-refractivity contribution in [1.82, 2.24) is 0 Å². The number of thiocarbonyl (C=S) groups is 1. The van der Waals surface area contributed by atoms with Gasteiger partial charge in [-0.05, 0) is 17.7 Å². The molecule has 1 aromatic carbocycles. The van der Waals surface area contributed by atoms with Crippen molar-refractivity contribution in [2.75, 3.05) is 0 Å². The van der Waals surface area contributed by atoms with E-state index in [1.807, 2.05) is 0 Å². The zero-order chi connectivity index (χ0) is 9.84. The van der Waals surface area contributed by atoms with Gasteiger partial charge in [-0.25, -0.2) is 0 Å². The Hall–Kier alpha value is -1.29. The van der Waals surface area contributed by atoms with Crippen molar-refractivity contribution in [3.63, 3.8) is 0 Å². The van der Waals surface area contributed by atoms with E-state index in [-0.39, 0.29) is 4.99 Å². The van der Waals surface area contributed by atoms with Crippen LogP contribution < -0.4 is 5.73 Å². The van der Waals surface area contributed by atoms with Gasteiger partial charge < -0.3 is 5.73 Å². The van der Waals surface area contributed by atoms with Gasteiger partial charge in [0.25, 0.3) is 0 Å². The van der Waals surface area contributed by atoms with Gasteiger partial charge >= 0.3 is 0 Å². The molecule has 0 aliphatic rings. The van der Waals surface area contributed by atoms with Crippen LogP contribution in [0, 0.1) is 0 Å². The minimum atomic E-state index is 0.180. The fraction of sp³-hybridized carbons (Fsp3) is 0. The maximum Gasteiger partial charge on any atom is 0.104 e. The molecule has 0 atom stereocenters. The number of hydrogen-bond donors (Lipinski definition) is 1. The highest BCUT2D eigenvalue weighted by Crippen LogP contribution is 2.23. The van der Waals surface area contributed by atoms with Crippen LogP contribution in [0.2, 0.25) is 5.02 Å². The standard InChI is InChI=1S/C7H5ClN4S/c8-4-1-2-5(7(9)13)6(3-4)11-12-10/h1-3H,(H2,9,13). The van der Waals surface area contributed by atoms with Gasteiger partial charge in [0.15, 0.2) is 0 Å². The van der Waals surface area contributed by atoms with Crippen molar-refractivity contribution in [2.45, 2.75) is 0 Å². The van der Waals surface area contributed by atoms with E-state index in [4.69, 9.17) is 35.1 Å². The predicted molar refractivity (Wildman–Crippen MR) is 56.1 cm³/mol. The number of rotatable bonds is 2. The Labute approximate surface area is 84.9 Å². The average Bonchev–Trinajstić information content (AvgIpc) is 2.04. The maximum absolute atomic E-state index is 8.25. The summed E-state index contributed by atoms with van der Waals surface area (Å²) in [4.78, 5) is 2.82. The number of nitrogens with zero attached hydrogens (tertiary/aromatic N) is 3. The molecule has 0 saturated heterocycles. The van der Waals surface area contributed by atoms with Gasteiger partial charge in [0.2, 0.25) is 0 Å². The summed E-state index contributed by atoms with van der Waals surface area (Å²) in [5.74, 6) is 0. The van der Waals surface area contributed by atoms with Crippen LogP contribution in [-0.2, 0) is 0 Å². The minimum Gasteiger partial charge on any atom is -0.389 e. The lowest BCUT2D eigenvalue weighted by Crippen LogP contribution is -2.09. The average molecular weight is 213 g/mol. The highest BCUT2D eigenvalue weighted by atomic mass is 35.5. The molecule has 0 fully saturated rings. The molecular formula is C7H5ClN4S. The molecule has 0 amide bonds. The molecule has 0 heterocycles. The molecule has 66 valence electrons. The summed E-state index contributed by atoms with van der Waals surface area (Å²) in [6.07, 6.45) is 0. The van der Waals surface area contributed by atoms with Gasteiger partial charge in [0, 0.05) is 21.2 Å². The molecule has 6 heteroatoms. The normalized spacial score (nSPS) is 9.00. The van der Waals surface area contributed by atoms with Crippen molar-refractivity contribution >= 4 is 34.5 Å². The molecule has 0 saturated carbocycles. The van der Waals surface area contributed by atoms with Gasteiger partial charge in [0.05, 0.1) is 0 Å². The molecule has 0 radical (unpaired) electrons. The summed E-state index contributed by atoms with van der Waals surface area (Å²) >= 11 is 10.4. The van der Waals surface area contributed by atoms with Crippen LogP contribution in [-0.4, -0.2) is 4.99 Å². The third kappa shape index (κ3) is 2.32. The second kappa shape index (κ2) is 4.09. The number of halogens is 1. The summed E-state index contributed by atoms with van der Waals surface area (Å²) in [6.45, 7) is 0. The number of hydrogen-bond acceptors (Lipinski definition) is 2. The molecule has 4 nitrogen and oxygen atoms in total. The first-order valence-corrected chi connectivity index (χ1v) is 4.08. The van der Waals surface area contributed by atoms with Crippen LogP contribution in [0.15, 0.2) is 23.3 Å². The Morgan fingerprint density at radius 2 is 2.31 bits per heavy atom. The van der Waals surface area contributed by atoms with Crippen LogP contribution in [0.1, 0.15) is 5.56 Å². The lowest BCUT2D eigenvalue weighted by atomic mass is 10.2. The number of nitrogens with two attached hydrogens (primary N) is 1. The van der Waals surface area contributed by atoms with E-state index in [1.54, 1.807) is 12.1 Å². The Bertz CT molecular complexity index is 397. The first-order valence-electron chi connectivity index (χ1n) is 3.29. The molecule has 13 heavy (non-hydrogen) atoms. The molecule has 0 bridgehead atoms. The Morgan fingerprint density at radius 3 is 2.85 bits per heavy atom. The molecule has 0 aromatic heterocycles. The van der Waals surface area contributed by atoms with Crippen LogP contribution in [0.5, 0.6) is 0 Å². The topological polar surface area (TPSA) is 74.8 Å². The van der Waals surface area contributed by atoms with Gasteiger partial charge in [-0.1, -0.05) is 35.0 Å². The van der Waals surface area contributed by atoms with Crippen LogP contribution in [0.25, 0.3) is 10.4 Å². The second-order valence-corrected chi connectivity index (χ2v) is 3.09. The first-order chi connectivity index (χ1) is 6.15. The quantitative estimate of drug-likeness (QED) is 0.354. The molecule has 0 unspecified atom stereocenters. The second-order valence-electron chi connectivity index (χ2n) is 2.22. The molecule has 0 aliphatic heterocycles. The molecule has 1 aromatic rings. The SMILES string of the molecule is [N-]=[N+]=Nc1cc(Cl)ccc1C(N)=S. The third-order valence-electron chi connectivity index (χ3n) is 1.38. The first kappa shape index (κ1) is 9.80. The van der Waals surface area contributed by atoms with Crippen LogP contribution >= 0.6 is 23.8 Å². The highest BCUT2D eigenvalue weighted by molar-refractivity contribution is 7.80. The third-order valence-corrected chi connectivity index (χ3v) is 1.83. The molecule has 2 N–H and O–H groups in total. The monoisotopic (exact) mass is 212 g/mol. The van der Waals surface area contributed by atoms with Crippen LogP contribution in [0.3, 0.4) is 0 Å². The molecular weight excluding hydrogens is 208 g/mol. The van der Waals surface area contributed by atoms with E-state index in [2.05, 4.69) is 10.0 Å². The lowest BCUT2D eigenvalue weighted by molar-refractivity contribution is 1.45. The van der Waals surface area contributed by atoms with E-state index in [9.17, 15) is 0 Å². The van der Waals surface area contributed by atoms with Crippen molar-refractivity contribution in [1.29, 1.82) is 0 Å². The van der Waals surface area contributed by atoms with Crippen molar-refractivity contribution in [3.05, 3.63) is 39.2 Å². The Kier molecular flexibility index (Phi) is 3.08. The van der Waals surface area contributed by atoms with Gasteiger partial charge in [-0.2, -0.15) is 0 Å². The highest BCUT2D eigenvalue weighted by Gasteiger charge is 2.03. The lowest BCUT2D eigenvalue weighted by Gasteiger charge is -2.02. The molecule has 0 spiro atoms. The Morgan fingerprint density at radius 1 is 1.62 bits per heavy atom. The van der Waals surface area contributed by atoms with Crippen molar-refractivity contribution in [3.8, 4) is 0 Å². The van der Waals surface area contributed by atoms with Crippen molar-refractivity contribution < 1.29 is 0 Å². The predicted octanol–water partition coefficient (Wildman–Crippen LogP) is 2.92. The van der Waals surface area contributed by atoms with E-state index in [0.29, 0.717) is 16.3 Å². The zero-order valence-corrected chi connectivity index (χ0v) is 8.01.